The van der Waals surface area contributed by atoms with Crippen LogP contribution in [0.15, 0.2) is 0 Å². The molecule has 0 radical (unpaired) electrons. The van der Waals surface area contributed by atoms with E-state index in [0.29, 0.717) is 12.0 Å². The minimum atomic E-state index is 0.222. The molecule has 3 heteroatoms. The molecule has 114 valence electrons. The standard InChI is InChI=1S/C16H35N3/c1-13(12-17-16(3,4)5)14(2)19(7)15-8-10-18(6)11-9-15/h13-15,17H,8-12H2,1-7H3. The highest BCUT2D eigenvalue weighted by atomic mass is 15.2. The lowest BCUT2D eigenvalue weighted by molar-refractivity contribution is 0.0883. The second kappa shape index (κ2) is 7.05. The number of nitrogens with zero attached hydrogens (tertiary/aromatic N) is 2. The minimum absolute atomic E-state index is 0.222. The number of rotatable bonds is 5. The largest absolute Gasteiger partial charge is 0.312 e. The highest BCUT2D eigenvalue weighted by Crippen LogP contribution is 2.20. The van der Waals surface area contributed by atoms with Gasteiger partial charge in [0, 0.05) is 17.6 Å². The minimum Gasteiger partial charge on any atom is -0.312 e. The van der Waals surface area contributed by atoms with Crippen molar-refractivity contribution in [1.82, 2.24) is 15.1 Å². The van der Waals surface area contributed by atoms with Gasteiger partial charge >= 0.3 is 0 Å². The normalized spacial score (nSPS) is 22.7. The Morgan fingerprint density at radius 3 is 2.21 bits per heavy atom. The molecule has 2 unspecified atom stereocenters. The van der Waals surface area contributed by atoms with Crippen LogP contribution in [0, 0.1) is 5.92 Å². The van der Waals surface area contributed by atoms with E-state index in [2.05, 4.69) is 63.8 Å². The molecule has 0 amide bonds. The smallest absolute Gasteiger partial charge is 0.0119 e. The zero-order valence-electron chi connectivity index (χ0n) is 14.2. The molecule has 0 aliphatic carbocycles. The van der Waals surface area contributed by atoms with Crippen molar-refractivity contribution in [2.24, 2.45) is 5.92 Å². The topological polar surface area (TPSA) is 18.5 Å². The number of nitrogens with one attached hydrogen (secondary N) is 1. The molecule has 1 saturated heterocycles. The molecular formula is C16H35N3. The SMILES string of the molecule is CC(CNC(C)(C)C)C(C)N(C)C1CCN(C)CC1. The molecule has 0 aromatic heterocycles. The Morgan fingerprint density at radius 1 is 1.21 bits per heavy atom. The van der Waals surface area contributed by atoms with Gasteiger partial charge in [0.25, 0.3) is 0 Å². The second-order valence-electron chi connectivity index (χ2n) is 7.55. The van der Waals surface area contributed by atoms with E-state index in [1.165, 1.54) is 25.9 Å². The van der Waals surface area contributed by atoms with Crippen molar-refractivity contribution in [3.8, 4) is 0 Å². The molecule has 3 nitrogen and oxygen atoms in total. The van der Waals surface area contributed by atoms with Crippen molar-refractivity contribution in [2.75, 3.05) is 33.7 Å². The highest BCUT2D eigenvalue weighted by molar-refractivity contribution is 4.83. The molecule has 1 N–H and O–H groups in total. The van der Waals surface area contributed by atoms with Gasteiger partial charge in [0.1, 0.15) is 0 Å². The van der Waals surface area contributed by atoms with Gasteiger partial charge in [-0.25, -0.2) is 0 Å². The zero-order chi connectivity index (χ0) is 14.6. The maximum Gasteiger partial charge on any atom is 0.0119 e. The molecule has 1 rings (SSSR count). The summed E-state index contributed by atoms with van der Waals surface area (Å²) >= 11 is 0. The van der Waals surface area contributed by atoms with Crippen LogP contribution in [0.3, 0.4) is 0 Å². The quantitative estimate of drug-likeness (QED) is 0.827. The molecule has 19 heavy (non-hydrogen) atoms. The van der Waals surface area contributed by atoms with Gasteiger partial charge in [-0.1, -0.05) is 6.92 Å². The number of hydrogen-bond acceptors (Lipinski definition) is 3. The van der Waals surface area contributed by atoms with Gasteiger partial charge in [-0.05, 0) is 80.2 Å². The van der Waals surface area contributed by atoms with Crippen LogP contribution in [-0.2, 0) is 0 Å². The van der Waals surface area contributed by atoms with Crippen LogP contribution in [0.4, 0.5) is 0 Å². The molecule has 0 saturated carbocycles. The third kappa shape index (κ3) is 5.80. The summed E-state index contributed by atoms with van der Waals surface area (Å²) in [4.78, 5) is 5.06. The van der Waals surface area contributed by atoms with Gasteiger partial charge < -0.3 is 15.1 Å². The van der Waals surface area contributed by atoms with Crippen LogP contribution in [0.5, 0.6) is 0 Å². The van der Waals surface area contributed by atoms with E-state index in [1.807, 2.05) is 0 Å². The Hall–Kier alpha value is -0.120. The van der Waals surface area contributed by atoms with E-state index >= 15 is 0 Å². The lowest BCUT2D eigenvalue weighted by Gasteiger charge is -2.40. The van der Waals surface area contributed by atoms with Gasteiger partial charge in [0.15, 0.2) is 0 Å². The molecule has 1 aliphatic heterocycles. The first-order valence-corrected chi connectivity index (χ1v) is 7.86. The maximum absolute atomic E-state index is 3.63. The van der Waals surface area contributed by atoms with Crippen LogP contribution in [-0.4, -0.2) is 61.2 Å². The van der Waals surface area contributed by atoms with Crippen molar-refractivity contribution in [3.63, 3.8) is 0 Å². The van der Waals surface area contributed by atoms with Crippen LogP contribution in [0.1, 0.15) is 47.5 Å². The fourth-order valence-electron chi connectivity index (χ4n) is 2.77. The number of piperidine rings is 1. The molecular weight excluding hydrogens is 234 g/mol. The summed E-state index contributed by atoms with van der Waals surface area (Å²) in [6, 6.07) is 1.41. The van der Waals surface area contributed by atoms with Gasteiger partial charge in [-0.3, -0.25) is 0 Å². The summed E-state index contributed by atoms with van der Waals surface area (Å²) < 4.78 is 0. The van der Waals surface area contributed by atoms with Gasteiger partial charge in [0.05, 0.1) is 0 Å². The molecule has 0 aromatic carbocycles. The molecule has 1 aliphatic rings. The van der Waals surface area contributed by atoms with Crippen molar-refractivity contribution < 1.29 is 0 Å². The monoisotopic (exact) mass is 269 g/mol. The van der Waals surface area contributed by atoms with E-state index < -0.39 is 0 Å². The van der Waals surface area contributed by atoms with Crippen LogP contribution >= 0.6 is 0 Å². The molecule has 0 bridgehead atoms. The first-order chi connectivity index (χ1) is 8.70. The Balaban J connectivity index is 2.40. The van der Waals surface area contributed by atoms with E-state index in [1.54, 1.807) is 0 Å². The fraction of sp³-hybridized carbons (Fsp3) is 1.00. The highest BCUT2D eigenvalue weighted by Gasteiger charge is 2.26. The Labute approximate surface area is 120 Å². The summed E-state index contributed by atoms with van der Waals surface area (Å²) in [5.41, 5.74) is 0.222. The Morgan fingerprint density at radius 2 is 1.74 bits per heavy atom. The summed E-state index contributed by atoms with van der Waals surface area (Å²) in [5.74, 6) is 0.684. The third-order valence-electron chi connectivity index (χ3n) is 4.68. The summed E-state index contributed by atoms with van der Waals surface area (Å²) in [6.07, 6.45) is 2.63. The molecule has 2 atom stereocenters. The Kier molecular flexibility index (Phi) is 6.28. The van der Waals surface area contributed by atoms with Crippen LogP contribution in [0.25, 0.3) is 0 Å². The molecule has 0 spiro atoms. The average molecular weight is 269 g/mol. The van der Waals surface area contributed by atoms with Gasteiger partial charge in [0.2, 0.25) is 0 Å². The van der Waals surface area contributed by atoms with Crippen LogP contribution in [0.2, 0.25) is 0 Å². The van der Waals surface area contributed by atoms with Gasteiger partial charge in [-0.2, -0.15) is 0 Å². The maximum atomic E-state index is 3.63. The fourth-order valence-corrected chi connectivity index (χ4v) is 2.77. The predicted octanol–water partition coefficient (Wildman–Crippen LogP) is 2.43. The zero-order valence-corrected chi connectivity index (χ0v) is 14.2. The van der Waals surface area contributed by atoms with Gasteiger partial charge in [-0.15, -0.1) is 0 Å². The van der Waals surface area contributed by atoms with E-state index in [-0.39, 0.29) is 5.54 Å². The van der Waals surface area contributed by atoms with Crippen molar-refractivity contribution in [2.45, 2.75) is 65.1 Å². The first kappa shape index (κ1) is 16.9. The summed E-state index contributed by atoms with van der Waals surface area (Å²) in [6.45, 7) is 15.1. The van der Waals surface area contributed by atoms with Crippen LogP contribution < -0.4 is 5.32 Å². The predicted molar refractivity (Wildman–Crippen MR) is 84.7 cm³/mol. The van der Waals surface area contributed by atoms with Crippen molar-refractivity contribution >= 4 is 0 Å². The molecule has 0 aromatic rings. The number of hydrogen-bond donors (Lipinski definition) is 1. The van der Waals surface area contributed by atoms with Crippen molar-refractivity contribution in [1.29, 1.82) is 0 Å². The molecule has 1 fully saturated rings. The Bertz CT molecular complexity index is 251. The molecule has 1 heterocycles. The number of likely N-dealkylation sites (tertiary alicyclic amines) is 1. The average Bonchev–Trinajstić information content (AvgIpc) is 2.34. The van der Waals surface area contributed by atoms with E-state index in [9.17, 15) is 0 Å². The summed E-state index contributed by atoms with van der Waals surface area (Å²) in [7, 11) is 4.55. The second-order valence-corrected chi connectivity index (χ2v) is 7.55. The lowest BCUT2D eigenvalue weighted by Crippen LogP contribution is -2.50. The first-order valence-electron chi connectivity index (χ1n) is 7.86. The van der Waals surface area contributed by atoms with E-state index in [0.717, 1.165) is 12.6 Å². The van der Waals surface area contributed by atoms with Crippen molar-refractivity contribution in [3.05, 3.63) is 0 Å². The van der Waals surface area contributed by atoms with E-state index in [4.69, 9.17) is 0 Å². The third-order valence-corrected chi connectivity index (χ3v) is 4.68. The lowest BCUT2D eigenvalue weighted by atomic mass is 9.96. The summed E-state index contributed by atoms with van der Waals surface area (Å²) in [5, 5.41) is 3.63.